The molecule has 0 radical (unpaired) electrons. The number of allylic oxidation sites excluding steroid dienone is 1. The Labute approximate surface area is 153 Å². The molecule has 3 rings (SSSR count). The fourth-order valence-electron chi connectivity index (χ4n) is 3.20. The molecule has 0 atom stereocenters. The minimum Gasteiger partial charge on any atom is -0.318 e. The Hall–Kier alpha value is -3.12. The lowest BCUT2D eigenvalue weighted by atomic mass is 10.0. The number of rotatable bonds is 3. The van der Waals surface area contributed by atoms with Gasteiger partial charge in [-0.1, -0.05) is 24.3 Å². The topological polar surface area (TPSA) is 28.7 Å². The van der Waals surface area contributed by atoms with E-state index < -0.39 is 0 Å². The zero-order valence-corrected chi connectivity index (χ0v) is 15.5. The first kappa shape index (κ1) is 17.7. The molecule has 0 amide bonds. The molecule has 2 nitrogen and oxygen atoms in total. The van der Waals surface area contributed by atoms with E-state index in [2.05, 4.69) is 42.7 Å². The first-order valence-corrected chi connectivity index (χ1v) is 8.55. The summed E-state index contributed by atoms with van der Waals surface area (Å²) in [7, 11) is 0. The van der Waals surface area contributed by atoms with Gasteiger partial charge >= 0.3 is 0 Å². The van der Waals surface area contributed by atoms with E-state index in [0.717, 1.165) is 22.6 Å². The van der Waals surface area contributed by atoms with E-state index in [0.29, 0.717) is 11.1 Å². The summed E-state index contributed by atoms with van der Waals surface area (Å²) in [4.78, 5) is 0. The van der Waals surface area contributed by atoms with Crippen molar-refractivity contribution in [1.29, 1.82) is 5.26 Å². The van der Waals surface area contributed by atoms with Gasteiger partial charge in [-0.3, -0.25) is 0 Å². The molecule has 0 aliphatic rings. The van der Waals surface area contributed by atoms with Gasteiger partial charge in [0.2, 0.25) is 0 Å². The number of benzene rings is 2. The van der Waals surface area contributed by atoms with Crippen molar-refractivity contribution in [3.63, 3.8) is 0 Å². The van der Waals surface area contributed by atoms with Gasteiger partial charge in [-0.2, -0.15) is 5.26 Å². The normalized spacial score (nSPS) is 11.5. The van der Waals surface area contributed by atoms with Gasteiger partial charge in [-0.25, -0.2) is 4.39 Å². The summed E-state index contributed by atoms with van der Waals surface area (Å²) in [6, 6.07) is 16.9. The minimum absolute atomic E-state index is 0.323. The van der Waals surface area contributed by atoms with E-state index in [1.165, 1.54) is 17.2 Å². The summed E-state index contributed by atoms with van der Waals surface area (Å²) in [5, 5.41) is 9.52. The molecule has 1 heterocycles. The van der Waals surface area contributed by atoms with Gasteiger partial charge in [0.1, 0.15) is 5.82 Å². The molecule has 3 aromatic rings. The van der Waals surface area contributed by atoms with Crippen molar-refractivity contribution in [2.75, 3.05) is 0 Å². The molecule has 0 fully saturated rings. The summed E-state index contributed by atoms with van der Waals surface area (Å²) < 4.78 is 16.2. The molecule has 3 heteroatoms. The van der Waals surface area contributed by atoms with E-state index in [9.17, 15) is 9.65 Å². The van der Waals surface area contributed by atoms with Crippen LogP contribution >= 0.6 is 0 Å². The van der Waals surface area contributed by atoms with Crippen LogP contribution in [-0.2, 0) is 0 Å². The van der Waals surface area contributed by atoms with Gasteiger partial charge in [-0.05, 0) is 74.7 Å². The van der Waals surface area contributed by atoms with Crippen LogP contribution in [0, 0.1) is 44.8 Å². The summed E-state index contributed by atoms with van der Waals surface area (Å²) in [6.07, 6.45) is 1.76. The number of halogens is 1. The molecule has 0 bridgehead atoms. The predicted molar refractivity (Wildman–Crippen MR) is 105 cm³/mol. The van der Waals surface area contributed by atoms with Crippen LogP contribution < -0.4 is 0 Å². The molecule has 0 aliphatic carbocycles. The van der Waals surface area contributed by atoms with E-state index in [1.807, 2.05) is 19.9 Å². The van der Waals surface area contributed by atoms with Gasteiger partial charge in [0.15, 0.2) is 0 Å². The second-order valence-electron chi connectivity index (χ2n) is 6.58. The lowest BCUT2D eigenvalue weighted by molar-refractivity contribution is 0.624. The van der Waals surface area contributed by atoms with Gasteiger partial charge < -0.3 is 4.57 Å². The number of hydrogen-bond acceptors (Lipinski definition) is 1. The highest BCUT2D eigenvalue weighted by Crippen LogP contribution is 2.27. The Kier molecular flexibility index (Phi) is 4.77. The van der Waals surface area contributed by atoms with Crippen molar-refractivity contribution in [1.82, 2.24) is 4.57 Å². The summed E-state index contributed by atoms with van der Waals surface area (Å²) >= 11 is 0. The Morgan fingerprint density at radius 3 is 2.38 bits per heavy atom. The van der Waals surface area contributed by atoms with E-state index in [1.54, 1.807) is 24.3 Å². The highest BCUT2D eigenvalue weighted by atomic mass is 19.1. The minimum atomic E-state index is -0.386. The van der Waals surface area contributed by atoms with Crippen LogP contribution in [0.4, 0.5) is 4.39 Å². The fourth-order valence-corrected chi connectivity index (χ4v) is 3.20. The Morgan fingerprint density at radius 1 is 1.00 bits per heavy atom. The van der Waals surface area contributed by atoms with Gasteiger partial charge in [0.25, 0.3) is 0 Å². The third kappa shape index (κ3) is 3.19. The number of aryl methyl sites for hydroxylation is 3. The predicted octanol–water partition coefficient (Wildman–Crippen LogP) is 5.91. The highest BCUT2D eigenvalue weighted by Gasteiger charge is 2.13. The Balaban J connectivity index is 2.12. The smallest absolute Gasteiger partial charge is 0.131 e. The van der Waals surface area contributed by atoms with Crippen LogP contribution in [-0.4, -0.2) is 4.57 Å². The second-order valence-corrected chi connectivity index (χ2v) is 6.58. The lowest BCUT2D eigenvalue weighted by Crippen LogP contribution is -2.00. The van der Waals surface area contributed by atoms with Crippen LogP contribution in [0.25, 0.3) is 17.3 Å². The van der Waals surface area contributed by atoms with Crippen LogP contribution in [0.2, 0.25) is 0 Å². The highest BCUT2D eigenvalue weighted by molar-refractivity contribution is 5.90. The van der Waals surface area contributed by atoms with Crippen molar-refractivity contribution in [2.45, 2.75) is 27.7 Å². The molecule has 0 aliphatic heterocycles. The average Bonchev–Trinajstić information content (AvgIpc) is 2.89. The van der Waals surface area contributed by atoms with Gasteiger partial charge in [-0.15, -0.1) is 0 Å². The monoisotopic (exact) mass is 344 g/mol. The lowest BCUT2D eigenvalue weighted by Gasteiger charge is -2.12. The first-order chi connectivity index (χ1) is 12.4. The zero-order valence-electron chi connectivity index (χ0n) is 15.5. The van der Waals surface area contributed by atoms with Gasteiger partial charge in [0.05, 0.1) is 11.6 Å². The zero-order chi connectivity index (χ0) is 18.8. The summed E-state index contributed by atoms with van der Waals surface area (Å²) in [5.41, 5.74) is 7.23. The third-order valence-corrected chi connectivity index (χ3v) is 4.80. The van der Waals surface area contributed by atoms with Crippen LogP contribution in [0.15, 0.2) is 48.5 Å². The maximum absolute atomic E-state index is 14.1. The molecule has 130 valence electrons. The third-order valence-electron chi connectivity index (χ3n) is 4.80. The summed E-state index contributed by atoms with van der Waals surface area (Å²) in [5.74, 6) is -0.386. The molecule has 0 saturated carbocycles. The van der Waals surface area contributed by atoms with Crippen molar-refractivity contribution in [2.24, 2.45) is 0 Å². The van der Waals surface area contributed by atoms with Crippen LogP contribution in [0.1, 0.15) is 33.6 Å². The van der Waals surface area contributed by atoms with Crippen molar-refractivity contribution < 1.29 is 4.39 Å². The van der Waals surface area contributed by atoms with Crippen molar-refractivity contribution in [3.05, 3.63) is 88.0 Å². The molecule has 0 N–H and O–H groups in total. The Bertz CT molecular complexity index is 1050. The van der Waals surface area contributed by atoms with Crippen LogP contribution in [0.5, 0.6) is 0 Å². The van der Waals surface area contributed by atoms with E-state index in [-0.39, 0.29) is 5.82 Å². The van der Waals surface area contributed by atoms with E-state index in [4.69, 9.17) is 0 Å². The number of nitrogens with zero attached hydrogens (tertiary/aromatic N) is 2. The summed E-state index contributed by atoms with van der Waals surface area (Å²) in [6.45, 7) is 8.25. The van der Waals surface area contributed by atoms with Crippen LogP contribution in [0.3, 0.4) is 0 Å². The molecule has 2 aromatic carbocycles. The molecule has 26 heavy (non-hydrogen) atoms. The molecular formula is C23H21FN2. The van der Waals surface area contributed by atoms with E-state index >= 15 is 0 Å². The van der Waals surface area contributed by atoms with Gasteiger partial charge in [0, 0.05) is 22.6 Å². The molecular weight excluding hydrogens is 323 g/mol. The molecule has 1 aromatic heterocycles. The maximum atomic E-state index is 14.1. The Morgan fingerprint density at radius 2 is 1.73 bits per heavy atom. The maximum Gasteiger partial charge on any atom is 0.131 e. The van der Waals surface area contributed by atoms with Crippen molar-refractivity contribution >= 4 is 11.6 Å². The number of aromatic nitrogens is 1. The first-order valence-electron chi connectivity index (χ1n) is 8.55. The quantitative estimate of drug-likeness (QED) is 0.543. The SMILES string of the molecule is Cc1ccc(-n2c(C)cc(C=C(C#N)c3ccccc3F)c2C)cc1C. The molecule has 0 saturated heterocycles. The average molecular weight is 344 g/mol. The largest absolute Gasteiger partial charge is 0.318 e. The molecule has 0 unspecified atom stereocenters. The number of hydrogen-bond donors (Lipinski definition) is 0. The standard InChI is InChI=1S/C23H21FN2/c1-15-9-10-21(11-16(15)2)26-17(3)12-19(18(26)4)13-20(14-25)22-7-5-6-8-23(22)24/h5-13H,1-4H3. The fraction of sp³-hybridized carbons (Fsp3) is 0.174. The number of nitriles is 1. The second kappa shape index (κ2) is 7.01. The van der Waals surface area contributed by atoms with Crippen molar-refractivity contribution in [3.8, 4) is 11.8 Å². The molecule has 0 spiro atoms.